The number of carbonyl (C=O) groups excluding carboxylic acids is 1. The maximum Gasteiger partial charge on any atom is 0.264 e. The van der Waals surface area contributed by atoms with E-state index >= 15 is 0 Å². The molecule has 0 spiro atoms. The maximum absolute atomic E-state index is 13.0. The molecule has 6 heteroatoms. The highest BCUT2D eigenvalue weighted by Gasteiger charge is 2.21. The fraction of sp³-hybridized carbons (Fsp3) is 0.250. The maximum atomic E-state index is 13.0. The van der Waals surface area contributed by atoms with E-state index in [4.69, 9.17) is 5.73 Å². The van der Waals surface area contributed by atoms with Gasteiger partial charge >= 0.3 is 0 Å². The Balaban J connectivity index is 2.28. The minimum Gasteiger partial charge on any atom is -0.382 e. The third-order valence-electron chi connectivity index (χ3n) is 4.17. The molecule has 0 radical (unpaired) electrons. The van der Waals surface area contributed by atoms with Crippen molar-refractivity contribution in [2.24, 2.45) is 0 Å². The molecule has 1 aromatic carbocycles. The van der Waals surface area contributed by atoms with Crippen LogP contribution in [0.2, 0.25) is 0 Å². The van der Waals surface area contributed by atoms with E-state index in [1.165, 1.54) is 17.2 Å². The second-order valence-electron chi connectivity index (χ2n) is 5.49. The van der Waals surface area contributed by atoms with Crippen LogP contribution in [0.15, 0.2) is 18.7 Å². The molecule has 2 N–H and O–H groups in total. The number of aromatic nitrogens is 4. The number of imidazole rings is 1. The zero-order valence-electron chi connectivity index (χ0n) is 13.0. The van der Waals surface area contributed by atoms with Crippen LogP contribution in [0.1, 0.15) is 32.6 Å². The predicted octanol–water partition coefficient (Wildman–Crippen LogP) is 2.33. The van der Waals surface area contributed by atoms with Gasteiger partial charge in [0.15, 0.2) is 11.5 Å². The number of fused-ring (bicyclic) bond motifs is 1. The Morgan fingerprint density at radius 2 is 1.68 bits per heavy atom. The smallest absolute Gasteiger partial charge is 0.264 e. The Labute approximate surface area is 128 Å². The van der Waals surface area contributed by atoms with E-state index in [1.807, 2.05) is 27.7 Å². The van der Waals surface area contributed by atoms with Gasteiger partial charge in [-0.2, -0.15) is 0 Å². The Kier molecular flexibility index (Phi) is 3.16. The summed E-state index contributed by atoms with van der Waals surface area (Å²) in [4.78, 5) is 25.2. The third kappa shape index (κ3) is 1.95. The monoisotopic (exact) mass is 295 g/mol. The summed E-state index contributed by atoms with van der Waals surface area (Å²) < 4.78 is 1.43. The molecule has 0 unspecified atom stereocenters. The van der Waals surface area contributed by atoms with E-state index in [0.29, 0.717) is 16.7 Å². The molecule has 0 atom stereocenters. The van der Waals surface area contributed by atoms with E-state index in [1.54, 1.807) is 0 Å². The molecule has 3 rings (SSSR count). The number of hydrogen-bond donors (Lipinski definition) is 1. The van der Waals surface area contributed by atoms with Gasteiger partial charge in [-0.05, 0) is 49.9 Å². The van der Waals surface area contributed by atoms with Crippen molar-refractivity contribution in [2.45, 2.75) is 27.7 Å². The number of carbonyl (C=O) groups is 1. The topological polar surface area (TPSA) is 86.7 Å². The first-order valence-corrected chi connectivity index (χ1v) is 6.97. The molecule has 112 valence electrons. The Morgan fingerprint density at radius 3 is 2.32 bits per heavy atom. The summed E-state index contributed by atoms with van der Waals surface area (Å²) in [7, 11) is 0. The van der Waals surface area contributed by atoms with Gasteiger partial charge in [-0.15, -0.1) is 0 Å². The molecular formula is C16H17N5O. The first kappa shape index (κ1) is 14.2. The van der Waals surface area contributed by atoms with Crippen molar-refractivity contribution < 1.29 is 4.79 Å². The highest BCUT2D eigenvalue weighted by atomic mass is 16.2. The molecule has 0 bridgehead atoms. The van der Waals surface area contributed by atoms with Crippen molar-refractivity contribution in [1.29, 1.82) is 0 Å². The molecule has 0 amide bonds. The number of rotatable bonds is 1. The number of nitrogen functional groups attached to an aromatic ring is 1. The summed E-state index contributed by atoms with van der Waals surface area (Å²) in [6, 6.07) is 2.09. The predicted molar refractivity (Wildman–Crippen MR) is 84.9 cm³/mol. The van der Waals surface area contributed by atoms with Gasteiger partial charge in [0.1, 0.15) is 18.2 Å². The summed E-state index contributed by atoms with van der Waals surface area (Å²) in [5, 5.41) is 0. The van der Waals surface area contributed by atoms with Gasteiger partial charge in [0.05, 0.1) is 0 Å². The van der Waals surface area contributed by atoms with Crippen molar-refractivity contribution in [2.75, 3.05) is 5.73 Å². The van der Waals surface area contributed by atoms with Gasteiger partial charge in [-0.1, -0.05) is 6.07 Å². The van der Waals surface area contributed by atoms with Gasteiger partial charge in [0.25, 0.3) is 5.91 Å². The number of nitrogens with two attached hydrogens (primary N) is 1. The SMILES string of the molecule is Cc1cc(C)c(C)c(C(=O)n2cnc3ncnc(N)c32)c1C. The second-order valence-corrected chi connectivity index (χ2v) is 5.49. The Morgan fingerprint density at radius 1 is 1.05 bits per heavy atom. The molecule has 2 heterocycles. The number of aryl methyl sites for hydroxylation is 2. The molecule has 0 saturated heterocycles. The van der Waals surface area contributed by atoms with Gasteiger partial charge in [-0.3, -0.25) is 9.36 Å². The first-order chi connectivity index (χ1) is 10.4. The molecule has 2 aromatic heterocycles. The summed E-state index contributed by atoms with van der Waals surface area (Å²) in [6.07, 6.45) is 2.79. The molecular weight excluding hydrogens is 278 g/mol. The number of anilines is 1. The van der Waals surface area contributed by atoms with E-state index in [-0.39, 0.29) is 11.7 Å². The van der Waals surface area contributed by atoms with Crippen LogP contribution in [0.25, 0.3) is 11.2 Å². The fourth-order valence-electron chi connectivity index (χ4n) is 2.69. The van der Waals surface area contributed by atoms with Crippen molar-refractivity contribution in [3.63, 3.8) is 0 Å². The van der Waals surface area contributed by atoms with Crippen LogP contribution in [0.3, 0.4) is 0 Å². The molecule has 0 aliphatic heterocycles. The molecule has 22 heavy (non-hydrogen) atoms. The third-order valence-corrected chi connectivity index (χ3v) is 4.17. The van der Waals surface area contributed by atoms with Crippen LogP contribution in [0, 0.1) is 27.7 Å². The lowest BCUT2D eigenvalue weighted by atomic mass is 9.93. The van der Waals surface area contributed by atoms with Crippen LogP contribution in [0.4, 0.5) is 5.82 Å². The standard InChI is InChI=1S/C16H17N5O/c1-8-5-9(2)11(4)12(10(8)3)16(22)21-7-20-15-13(21)14(17)18-6-19-15/h5-7H,1-4H3,(H2,17,18,19). The fourth-order valence-corrected chi connectivity index (χ4v) is 2.69. The average Bonchev–Trinajstić information content (AvgIpc) is 2.91. The zero-order valence-corrected chi connectivity index (χ0v) is 13.0. The largest absolute Gasteiger partial charge is 0.382 e. The van der Waals surface area contributed by atoms with E-state index < -0.39 is 0 Å². The molecule has 0 fully saturated rings. The Bertz CT molecular complexity index is 884. The van der Waals surface area contributed by atoms with Crippen molar-refractivity contribution in [3.05, 3.63) is 46.5 Å². The quantitative estimate of drug-likeness (QED) is 0.744. The molecule has 0 aliphatic rings. The van der Waals surface area contributed by atoms with Crippen molar-refractivity contribution >= 4 is 22.9 Å². The number of benzene rings is 1. The lowest BCUT2D eigenvalue weighted by Crippen LogP contribution is -2.16. The summed E-state index contributed by atoms with van der Waals surface area (Å²) in [5.74, 6) is 0.0846. The van der Waals surface area contributed by atoms with E-state index in [0.717, 1.165) is 22.3 Å². The van der Waals surface area contributed by atoms with Crippen molar-refractivity contribution in [3.8, 4) is 0 Å². The van der Waals surface area contributed by atoms with E-state index in [2.05, 4.69) is 21.0 Å². The second kappa shape index (κ2) is 4.91. The minimum absolute atomic E-state index is 0.161. The lowest BCUT2D eigenvalue weighted by Gasteiger charge is -2.15. The molecule has 3 aromatic rings. The van der Waals surface area contributed by atoms with Gasteiger partial charge in [0.2, 0.25) is 0 Å². The van der Waals surface area contributed by atoms with Crippen molar-refractivity contribution in [1.82, 2.24) is 19.5 Å². The minimum atomic E-state index is -0.161. The number of hydrogen-bond acceptors (Lipinski definition) is 5. The summed E-state index contributed by atoms with van der Waals surface area (Å²) in [6.45, 7) is 7.91. The molecule has 0 aliphatic carbocycles. The van der Waals surface area contributed by atoms with E-state index in [9.17, 15) is 4.79 Å². The van der Waals surface area contributed by atoms with Gasteiger partial charge < -0.3 is 5.73 Å². The summed E-state index contributed by atoms with van der Waals surface area (Å²) >= 11 is 0. The van der Waals surface area contributed by atoms with Gasteiger partial charge in [0, 0.05) is 5.56 Å². The van der Waals surface area contributed by atoms with Crippen LogP contribution in [-0.4, -0.2) is 25.4 Å². The average molecular weight is 295 g/mol. The van der Waals surface area contributed by atoms with Crippen LogP contribution >= 0.6 is 0 Å². The highest BCUT2D eigenvalue weighted by Crippen LogP contribution is 2.24. The number of nitrogens with zero attached hydrogens (tertiary/aromatic N) is 4. The zero-order chi connectivity index (χ0) is 16.0. The van der Waals surface area contributed by atoms with Gasteiger partial charge in [-0.25, -0.2) is 15.0 Å². The lowest BCUT2D eigenvalue weighted by molar-refractivity contribution is 0.0963. The molecule has 0 saturated carbocycles. The first-order valence-electron chi connectivity index (χ1n) is 6.97. The van der Waals surface area contributed by atoms with Crippen LogP contribution in [-0.2, 0) is 0 Å². The normalized spacial score (nSPS) is 11.1. The van der Waals surface area contributed by atoms with Crippen LogP contribution in [0.5, 0.6) is 0 Å². The van der Waals surface area contributed by atoms with Crippen LogP contribution < -0.4 is 5.73 Å². The highest BCUT2D eigenvalue weighted by molar-refractivity contribution is 6.04. The summed E-state index contributed by atoms with van der Waals surface area (Å²) in [5.41, 5.74) is 11.5. The Hall–Kier alpha value is -2.76. The molecule has 6 nitrogen and oxygen atoms in total.